The molecule has 94 valence electrons. The van der Waals surface area contributed by atoms with Crippen molar-refractivity contribution in [2.24, 2.45) is 0 Å². The van der Waals surface area contributed by atoms with E-state index in [1.165, 1.54) is 12.1 Å². The number of hydrogen-bond acceptors (Lipinski definition) is 3. The van der Waals surface area contributed by atoms with Crippen LogP contribution in [0.2, 0.25) is 0 Å². The van der Waals surface area contributed by atoms with E-state index in [1.54, 1.807) is 6.07 Å². The maximum absolute atomic E-state index is 13.3. The first-order valence-corrected chi connectivity index (χ1v) is 8.32. The first-order chi connectivity index (χ1) is 8.06. The molecule has 1 atom stereocenters. The Kier molecular flexibility index (Phi) is 6.04. The van der Waals surface area contributed by atoms with E-state index in [-0.39, 0.29) is 12.3 Å². The van der Waals surface area contributed by atoms with Crippen molar-refractivity contribution in [2.45, 2.75) is 25.7 Å². The SMILES string of the molecule is CCC(CC(=O)O)c1cc(F)cc(OSI)c1. The molecule has 1 N–H and O–H groups in total. The summed E-state index contributed by atoms with van der Waals surface area (Å²) in [5.74, 6) is -1.08. The van der Waals surface area contributed by atoms with Crippen LogP contribution in [0, 0.1) is 5.82 Å². The van der Waals surface area contributed by atoms with Crippen molar-refractivity contribution in [3.8, 4) is 5.75 Å². The van der Waals surface area contributed by atoms with E-state index in [9.17, 15) is 9.18 Å². The molecule has 17 heavy (non-hydrogen) atoms. The van der Waals surface area contributed by atoms with Crippen molar-refractivity contribution in [2.75, 3.05) is 0 Å². The summed E-state index contributed by atoms with van der Waals surface area (Å²) in [7, 11) is 1.09. The van der Waals surface area contributed by atoms with Crippen LogP contribution in [0.1, 0.15) is 31.2 Å². The van der Waals surface area contributed by atoms with E-state index >= 15 is 0 Å². The molecule has 0 radical (unpaired) electrons. The molecule has 3 nitrogen and oxygen atoms in total. The molecule has 0 aromatic heterocycles. The summed E-state index contributed by atoms with van der Waals surface area (Å²) in [5.41, 5.74) is 0.662. The molecule has 0 saturated carbocycles. The predicted octanol–water partition coefficient (Wildman–Crippen LogP) is 4.17. The van der Waals surface area contributed by atoms with Crippen LogP contribution in [-0.4, -0.2) is 11.1 Å². The second-order valence-corrected chi connectivity index (χ2v) is 4.94. The molecule has 0 bridgehead atoms. The highest BCUT2D eigenvalue weighted by Gasteiger charge is 2.15. The van der Waals surface area contributed by atoms with Gasteiger partial charge in [-0.05, 0) is 30.0 Å². The summed E-state index contributed by atoms with van der Waals surface area (Å²) in [6.45, 7) is 1.88. The van der Waals surface area contributed by atoms with Crippen molar-refractivity contribution in [3.63, 3.8) is 0 Å². The van der Waals surface area contributed by atoms with Gasteiger partial charge in [0.15, 0.2) is 0 Å². The number of benzene rings is 1. The van der Waals surface area contributed by atoms with E-state index in [4.69, 9.17) is 9.29 Å². The van der Waals surface area contributed by atoms with Crippen LogP contribution in [0.4, 0.5) is 4.39 Å². The Morgan fingerprint density at radius 3 is 2.82 bits per heavy atom. The van der Waals surface area contributed by atoms with E-state index in [2.05, 4.69) is 0 Å². The van der Waals surface area contributed by atoms with Gasteiger partial charge in [-0.15, -0.1) is 0 Å². The lowest BCUT2D eigenvalue weighted by Gasteiger charge is -2.14. The Morgan fingerprint density at radius 1 is 1.59 bits per heavy atom. The average Bonchev–Trinajstić information content (AvgIpc) is 2.25. The van der Waals surface area contributed by atoms with Gasteiger partial charge in [-0.3, -0.25) is 4.79 Å². The summed E-state index contributed by atoms with van der Waals surface area (Å²) < 4.78 is 18.5. The minimum absolute atomic E-state index is 0.00320. The summed E-state index contributed by atoms with van der Waals surface area (Å²) in [6, 6.07) is 4.33. The van der Waals surface area contributed by atoms with Crippen molar-refractivity contribution in [3.05, 3.63) is 29.6 Å². The monoisotopic (exact) mass is 370 g/mol. The molecule has 1 aromatic carbocycles. The number of halogens is 2. The highest BCUT2D eigenvalue weighted by Crippen LogP contribution is 2.30. The zero-order valence-electron chi connectivity index (χ0n) is 9.15. The molecule has 1 aromatic rings. The molecule has 0 aliphatic rings. The van der Waals surface area contributed by atoms with Gasteiger partial charge in [0.1, 0.15) is 20.8 Å². The standard InChI is InChI=1S/C11H12FIO3S/c1-2-7(5-11(14)15)8-3-9(12)6-10(4-8)16-17-13/h3-4,6-7H,2,5H2,1H3,(H,14,15). The molecular formula is C11H12FIO3S. The van der Waals surface area contributed by atoms with Gasteiger partial charge in [-0.1, -0.05) is 6.92 Å². The summed E-state index contributed by atoms with van der Waals surface area (Å²) >= 11 is 1.94. The van der Waals surface area contributed by atoms with E-state index in [0.717, 1.165) is 9.21 Å². The van der Waals surface area contributed by atoms with Gasteiger partial charge in [0, 0.05) is 27.3 Å². The molecular weight excluding hydrogens is 358 g/mol. The lowest BCUT2D eigenvalue weighted by molar-refractivity contribution is -0.137. The molecule has 1 rings (SSSR count). The Hall–Kier alpha value is -0.500. The average molecular weight is 370 g/mol. The highest BCUT2D eigenvalue weighted by molar-refractivity contribution is 14.2. The molecule has 6 heteroatoms. The van der Waals surface area contributed by atoms with Crippen LogP contribution in [0.15, 0.2) is 18.2 Å². The summed E-state index contributed by atoms with van der Waals surface area (Å²) in [5, 5.41) is 8.79. The predicted molar refractivity (Wildman–Crippen MR) is 73.9 cm³/mol. The maximum Gasteiger partial charge on any atom is 0.303 e. The van der Waals surface area contributed by atoms with Gasteiger partial charge in [0.2, 0.25) is 0 Å². The van der Waals surface area contributed by atoms with Crippen LogP contribution in [0.3, 0.4) is 0 Å². The normalized spacial score (nSPS) is 12.2. The first-order valence-electron chi connectivity index (χ1n) is 5.04. The van der Waals surface area contributed by atoms with Crippen LogP contribution in [0.5, 0.6) is 5.75 Å². The van der Waals surface area contributed by atoms with Crippen molar-refractivity contribution in [1.29, 1.82) is 0 Å². The zero-order valence-corrected chi connectivity index (χ0v) is 12.1. The van der Waals surface area contributed by atoms with Crippen molar-refractivity contribution in [1.82, 2.24) is 0 Å². The molecule has 0 saturated heterocycles. The number of carboxylic acid groups (broad SMARTS) is 1. The third kappa shape index (κ3) is 4.71. The van der Waals surface area contributed by atoms with Gasteiger partial charge in [-0.2, -0.15) is 0 Å². The van der Waals surface area contributed by atoms with Crippen LogP contribution >= 0.6 is 30.4 Å². The number of carboxylic acids is 1. The minimum atomic E-state index is -0.883. The first kappa shape index (κ1) is 14.6. The Labute approximate surface area is 116 Å². The van der Waals surface area contributed by atoms with Gasteiger partial charge in [-0.25, -0.2) is 4.39 Å². The number of hydrogen-bond donors (Lipinski definition) is 1. The summed E-state index contributed by atoms with van der Waals surface area (Å²) in [4.78, 5) is 10.7. The van der Waals surface area contributed by atoms with E-state index in [1.807, 2.05) is 28.1 Å². The number of rotatable bonds is 6. The molecule has 0 amide bonds. The van der Waals surface area contributed by atoms with Gasteiger partial charge >= 0.3 is 5.97 Å². The van der Waals surface area contributed by atoms with E-state index in [0.29, 0.717) is 17.7 Å². The lowest BCUT2D eigenvalue weighted by Crippen LogP contribution is -2.06. The number of aliphatic carboxylic acids is 1. The Balaban J connectivity index is 2.97. The van der Waals surface area contributed by atoms with E-state index < -0.39 is 11.8 Å². The summed E-state index contributed by atoms with van der Waals surface area (Å²) in [6.07, 6.45) is 0.642. The fourth-order valence-corrected chi connectivity index (χ4v) is 2.41. The van der Waals surface area contributed by atoms with Gasteiger partial charge < -0.3 is 9.29 Å². The van der Waals surface area contributed by atoms with Crippen LogP contribution in [-0.2, 0) is 4.79 Å². The largest absolute Gasteiger partial charge is 0.481 e. The smallest absolute Gasteiger partial charge is 0.303 e. The molecule has 0 spiro atoms. The molecule has 0 aliphatic carbocycles. The van der Waals surface area contributed by atoms with Gasteiger partial charge in [0.25, 0.3) is 0 Å². The van der Waals surface area contributed by atoms with Crippen LogP contribution < -0.4 is 4.18 Å². The third-order valence-electron chi connectivity index (χ3n) is 2.41. The quantitative estimate of drug-likeness (QED) is 0.603. The highest BCUT2D eigenvalue weighted by atomic mass is 127. The van der Waals surface area contributed by atoms with Gasteiger partial charge in [0.05, 0.1) is 6.42 Å². The maximum atomic E-state index is 13.3. The third-order valence-corrected chi connectivity index (χ3v) is 3.20. The lowest BCUT2D eigenvalue weighted by atomic mass is 9.93. The Morgan fingerprint density at radius 2 is 2.29 bits per heavy atom. The fraction of sp³-hybridized carbons (Fsp3) is 0.364. The van der Waals surface area contributed by atoms with Crippen molar-refractivity contribution < 1.29 is 18.5 Å². The molecule has 0 heterocycles. The zero-order chi connectivity index (χ0) is 12.8. The molecule has 0 fully saturated rings. The second-order valence-electron chi connectivity index (χ2n) is 3.57. The fourth-order valence-electron chi connectivity index (χ4n) is 1.61. The Bertz CT molecular complexity index is 400. The molecule has 1 unspecified atom stereocenters. The number of carbonyl (C=O) groups is 1. The van der Waals surface area contributed by atoms with Crippen molar-refractivity contribution >= 4 is 36.4 Å². The van der Waals surface area contributed by atoms with Crippen LogP contribution in [0.25, 0.3) is 0 Å². The molecule has 0 aliphatic heterocycles. The second kappa shape index (κ2) is 7.05. The minimum Gasteiger partial charge on any atom is -0.481 e. The topological polar surface area (TPSA) is 46.5 Å².